The molecule has 1 N–H and O–H groups in total. The highest BCUT2D eigenvalue weighted by atomic mass is 16.6. The molecule has 0 heterocycles. The van der Waals surface area contributed by atoms with Crippen molar-refractivity contribution in [1.29, 1.82) is 0 Å². The molecule has 0 spiro atoms. The molecule has 22 heavy (non-hydrogen) atoms. The van der Waals surface area contributed by atoms with Crippen LogP contribution in [-0.2, 0) is 0 Å². The van der Waals surface area contributed by atoms with Crippen LogP contribution in [0.25, 0.3) is 0 Å². The molecule has 0 amide bonds. The monoisotopic (exact) mass is 300 g/mol. The molecule has 0 radical (unpaired) electrons. The second-order valence-corrected chi connectivity index (χ2v) is 4.90. The predicted octanol–water partition coefficient (Wildman–Crippen LogP) is 3.68. The third-order valence-corrected chi connectivity index (χ3v) is 3.20. The highest BCUT2D eigenvalue weighted by molar-refractivity contribution is 5.85. The zero-order valence-electron chi connectivity index (χ0n) is 12.5. The SMILES string of the molecule is COc1cc(C=Nc2ccc(C)cc2C)cc([N+](=O)[O-])c1O. The fourth-order valence-corrected chi connectivity index (χ4v) is 2.08. The van der Waals surface area contributed by atoms with Crippen molar-refractivity contribution in [2.75, 3.05) is 7.11 Å². The van der Waals surface area contributed by atoms with Crippen LogP contribution in [0.1, 0.15) is 16.7 Å². The van der Waals surface area contributed by atoms with Crippen LogP contribution in [0, 0.1) is 24.0 Å². The molecule has 114 valence electrons. The molecule has 0 aliphatic heterocycles. The highest BCUT2D eigenvalue weighted by Crippen LogP contribution is 2.36. The first-order chi connectivity index (χ1) is 10.4. The molecule has 0 saturated carbocycles. The summed E-state index contributed by atoms with van der Waals surface area (Å²) in [5.41, 5.74) is 2.98. The molecule has 0 aliphatic rings. The second-order valence-electron chi connectivity index (χ2n) is 4.90. The number of nitro benzene ring substituents is 1. The van der Waals surface area contributed by atoms with Crippen LogP contribution in [0.2, 0.25) is 0 Å². The maximum absolute atomic E-state index is 11.0. The van der Waals surface area contributed by atoms with E-state index >= 15 is 0 Å². The molecular weight excluding hydrogens is 284 g/mol. The minimum Gasteiger partial charge on any atom is -0.500 e. The Morgan fingerprint density at radius 2 is 2.00 bits per heavy atom. The number of aliphatic imine (C=N–C) groups is 1. The van der Waals surface area contributed by atoms with Gasteiger partial charge in [-0.2, -0.15) is 0 Å². The van der Waals surface area contributed by atoms with E-state index < -0.39 is 16.4 Å². The average molecular weight is 300 g/mol. The molecule has 0 bridgehead atoms. The van der Waals surface area contributed by atoms with Crippen LogP contribution in [0.5, 0.6) is 11.5 Å². The van der Waals surface area contributed by atoms with Crippen LogP contribution in [-0.4, -0.2) is 23.4 Å². The van der Waals surface area contributed by atoms with Gasteiger partial charge in [-0.1, -0.05) is 17.7 Å². The quantitative estimate of drug-likeness (QED) is 0.530. The summed E-state index contributed by atoms with van der Waals surface area (Å²) in [5.74, 6) is -0.451. The molecule has 0 unspecified atom stereocenters. The Kier molecular flexibility index (Phi) is 4.41. The number of phenols is 1. The number of hydrogen-bond acceptors (Lipinski definition) is 5. The Balaban J connectivity index is 2.42. The molecule has 2 aromatic carbocycles. The molecule has 0 aliphatic carbocycles. The van der Waals surface area contributed by atoms with Crippen molar-refractivity contribution in [2.24, 2.45) is 4.99 Å². The standard InChI is InChI=1S/C16H16N2O4/c1-10-4-5-13(11(2)6-10)17-9-12-7-14(18(20)21)16(19)15(8-12)22-3/h4-9,19H,1-3H3. The van der Waals surface area contributed by atoms with E-state index in [4.69, 9.17) is 4.74 Å². The van der Waals surface area contributed by atoms with Gasteiger partial charge in [0.25, 0.3) is 0 Å². The molecular formula is C16H16N2O4. The van der Waals surface area contributed by atoms with Crippen molar-refractivity contribution in [2.45, 2.75) is 13.8 Å². The van der Waals surface area contributed by atoms with Crippen LogP contribution in [0.4, 0.5) is 11.4 Å². The van der Waals surface area contributed by atoms with Gasteiger partial charge >= 0.3 is 5.69 Å². The van der Waals surface area contributed by atoms with E-state index in [1.807, 2.05) is 32.0 Å². The van der Waals surface area contributed by atoms with Crippen LogP contribution >= 0.6 is 0 Å². The first-order valence-corrected chi connectivity index (χ1v) is 6.59. The van der Waals surface area contributed by atoms with E-state index in [0.29, 0.717) is 5.56 Å². The van der Waals surface area contributed by atoms with Gasteiger partial charge in [0.1, 0.15) is 0 Å². The van der Waals surface area contributed by atoms with Gasteiger partial charge in [0.15, 0.2) is 5.75 Å². The molecule has 6 heteroatoms. The topological polar surface area (TPSA) is 85.0 Å². The summed E-state index contributed by atoms with van der Waals surface area (Å²) in [7, 11) is 1.34. The second kappa shape index (κ2) is 6.26. The maximum Gasteiger partial charge on any atom is 0.315 e. The Morgan fingerprint density at radius 3 is 2.59 bits per heavy atom. The number of benzene rings is 2. The summed E-state index contributed by atoms with van der Waals surface area (Å²) < 4.78 is 4.95. The van der Waals surface area contributed by atoms with E-state index in [9.17, 15) is 15.2 Å². The third-order valence-electron chi connectivity index (χ3n) is 3.20. The van der Waals surface area contributed by atoms with E-state index in [2.05, 4.69) is 4.99 Å². The van der Waals surface area contributed by atoms with Crippen LogP contribution < -0.4 is 4.74 Å². The lowest BCUT2D eigenvalue weighted by Gasteiger charge is -2.05. The van der Waals surface area contributed by atoms with Crippen molar-refractivity contribution >= 4 is 17.6 Å². The van der Waals surface area contributed by atoms with Crippen LogP contribution in [0.15, 0.2) is 35.3 Å². The average Bonchev–Trinajstić information content (AvgIpc) is 2.47. The van der Waals surface area contributed by atoms with E-state index in [1.54, 1.807) is 0 Å². The fourth-order valence-electron chi connectivity index (χ4n) is 2.08. The number of nitrogens with zero attached hydrogens (tertiary/aromatic N) is 2. The minimum atomic E-state index is -0.660. The lowest BCUT2D eigenvalue weighted by atomic mass is 10.1. The van der Waals surface area contributed by atoms with Gasteiger partial charge in [0.05, 0.1) is 17.7 Å². The predicted molar refractivity (Wildman–Crippen MR) is 84.5 cm³/mol. The largest absolute Gasteiger partial charge is 0.500 e. The van der Waals surface area contributed by atoms with Crippen molar-refractivity contribution in [1.82, 2.24) is 0 Å². The van der Waals surface area contributed by atoms with Crippen LogP contribution in [0.3, 0.4) is 0 Å². The molecule has 6 nitrogen and oxygen atoms in total. The van der Waals surface area contributed by atoms with Gasteiger partial charge in [-0.25, -0.2) is 0 Å². The Hall–Kier alpha value is -2.89. The number of methoxy groups -OCH3 is 1. The van der Waals surface area contributed by atoms with E-state index in [1.165, 1.54) is 25.5 Å². The zero-order chi connectivity index (χ0) is 16.3. The Labute approximate surface area is 127 Å². The van der Waals surface area contributed by atoms with Gasteiger partial charge in [0, 0.05) is 17.8 Å². The lowest BCUT2D eigenvalue weighted by molar-refractivity contribution is -0.386. The van der Waals surface area contributed by atoms with Gasteiger partial charge < -0.3 is 9.84 Å². The summed E-state index contributed by atoms with van der Waals surface area (Å²) >= 11 is 0. The van der Waals surface area contributed by atoms with Crippen molar-refractivity contribution < 1.29 is 14.8 Å². The van der Waals surface area contributed by atoms with Gasteiger partial charge in [-0.15, -0.1) is 0 Å². The van der Waals surface area contributed by atoms with Gasteiger partial charge in [-0.05, 0) is 31.5 Å². The molecule has 2 rings (SSSR count). The summed E-state index contributed by atoms with van der Waals surface area (Å²) in [4.78, 5) is 14.6. The third kappa shape index (κ3) is 3.22. The summed E-state index contributed by atoms with van der Waals surface area (Å²) in [5, 5.41) is 20.7. The molecule has 0 fully saturated rings. The van der Waals surface area contributed by atoms with Gasteiger partial charge in [-0.3, -0.25) is 15.1 Å². The fraction of sp³-hybridized carbons (Fsp3) is 0.188. The number of hydrogen-bond donors (Lipinski definition) is 1. The number of aromatic hydroxyl groups is 1. The van der Waals surface area contributed by atoms with Crippen molar-refractivity contribution in [3.8, 4) is 11.5 Å². The number of nitro groups is 1. The smallest absolute Gasteiger partial charge is 0.315 e. The first kappa shape index (κ1) is 15.5. The number of rotatable bonds is 4. The molecule has 2 aromatic rings. The van der Waals surface area contributed by atoms with E-state index in [-0.39, 0.29) is 5.75 Å². The normalized spacial score (nSPS) is 10.9. The van der Waals surface area contributed by atoms with Crippen molar-refractivity contribution in [3.63, 3.8) is 0 Å². The summed E-state index contributed by atoms with van der Waals surface area (Å²) in [6, 6.07) is 8.58. The molecule has 0 saturated heterocycles. The zero-order valence-corrected chi connectivity index (χ0v) is 12.5. The number of phenolic OH excluding ortho intramolecular Hbond substituents is 1. The Morgan fingerprint density at radius 1 is 1.27 bits per heavy atom. The summed E-state index contributed by atoms with van der Waals surface area (Å²) in [6.45, 7) is 3.94. The number of ether oxygens (including phenoxy) is 1. The van der Waals surface area contributed by atoms with Gasteiger partial charge in [0.2, 0.25) is 5.75 Å². The molecule has 0 atom stereocenters. The Bertz CT molecular complexity index is 754. The lowest BCUT2D eigenvalue weighted by Crippen LogP contribution is -1.94. The molecule has 0 aromatic heterocycles. The highest BCUT2D eigenvalue weighted by Gasteiger charge is 2.19. The maximum atomic E-state index is 11.0. The van der Waals surface area contributed by atoms with E-state index in [0.717, 1.165) is 16.8 Å². The summed E-state index contributed by atoms with van der Waals surface area (Å²) in [6.07, 6.45) is 1.51. The minimum absolute atomic E-state index is 0.0382. The first-order valence-electron chi connectivity index (χ1n) is 6.59. The number of aryl methyl sites for hydroxylation is 2. The van der Waals surface area contributed by atoms with Crippen molar-refractivity contribution in [3.05, 3.63) is 57.1 Å².